The Labute approximate surface area is 123 Å². The van der Waals surface area contributed by atoms with Gasteiger partial charge in [-0.05, 0) is 10.9 Å². The maximum atomic E-state index is 10.2. The van der Waals surface area contributed by atoms with Crippen LogP contribution in [0.25, 0.3) is 11.2 Å². The van der Waals surface area contributed by atoms with Gasteiger partial charge >= 0.3 is 0 Å². The van der Waals surface area contributed by atoms with Crippen molar-refractivity contribution in [3.05, 3.63) is 6.33 Å². The molecule has 0 aliphatic carbocycles. The van der Waals surface area contributed by atoms with Crippen molar-refractivity contribution in [3.63, 3.8) is 0 Å². The van der Waals surface area contributed by atoms with Crippen LogP contribution in [0.4, 0.5) is 5.82 Å². The summed E-state index contributed by atoms with van der Waals surface area (Å²) in [6.45, 7) is 0. The number of ether oxygens (including phenoxy) is 1. The van der Waals surface area contributed by atoms with Crippen molar-refractivity contribution in [1.82, 2.24) is 25.0 Å². The first-order chi connectivity index (χ1) is 9.99. The van der Waals surface area contributed by atoms with Crippen molar-refractivity contribution in [3.8, 4) is 0 Å². The van der Waals surface area contributed by atoms with Gasteiger partial charge in [0.25, 0.3) is 0 Å². The zero-order chi connectivity index (χ0) is 15.1. The van der Waals surface area contributed by atoms with Crippen molar-refractivity contribution in [1.29, 1.82) is 0 Å². The van der Waals surface area contributed by atoms with E-state index in [9.17, 15) is 10.2 Å². The van der Waals surface area contributed by atoms with Crippen LogP contribution in [-0.2, 0) is 15.6 Å². The molecule has 0 aromatic carbocycles. The highest BCUT2D eigenvalue weighted by Gasteiger charge is 2.46. The maximum absolute atomic E-state index is 10.2. The van der Waals surface area contributed by atoms with E-state index in [2.05, 4.69) is 32.8 Å². The van der Waals surface area contributed by atoms with Gasteiger partial charge < -0.3 is 20.7 Å². The standard InChI is InChI=1S/C11H17N6O3S/c1-21(2)3-5-7(18)8(19)11(20-5)17-10-6(15-16-17)9(12)13-4-14-10/h4-5,7-8,11,18-19H,3H2,1-2H3,(H2,12,13,14)/q+1. The molecule has 4 N–H and O–H groups in total. The summed E-state index contributed by atoms with van der Waals surface area (Å²) in [6.07, 6.45) is 2.04. The minimum absolute atomic E-state index is 0.0794. The highest BCUT2D eigenvalue weighted by Crippen LogP contribution is 2.31. The molecule has 9 nitrogen and oxygen atoms in total. The van der Waals surface area contributed by atoms with E-state index < -0.39 is 24.5 Å². The molecule has 0 saturated carbocycles. The number of aromatic nitrogens is 5. The molecule has 0 amide bonds. The Morgan fingerprint density at radius 2 is 2.10 bits per heavy atom. The molecule has 1 saturated heterocycles. The Bertz CT molecular complexity index is 650. The van der Waals surface area contributed by atoms with Gasteiger partial charge in [0.2, 0.25) is 0 Å². The first-order valence-electron chi connectivity index (χ1n) is 6.36. The lowest BCUT2D eigenvalue weighted by Crippen LogP contribution is -2.35. The Hall–Kier alpha value is -1.49. The van der Waals surface area contributed by atoms with Crippen molar-refractivity contribution in [2.45, 2.75) is 24.5 Å². The second-order valence-electron chi connectivity index (χ2n) is 5.16. The summed E-state index contributed by atoms with van der Waals surface area (Å²) in [5.41, 5.74) is 6.42. The SMILES string of the molecule is C[S+](C)CC1OC(n2nnc3c(N)ncnc32)C(O)C1O. The van der Waals surface area contributed by atoms with Gasteiger partial charge in [-0.25, -0.2) is 9.97 Å². The molecule has 2 aromatic rings. The fourth-order valence-electron chi connectivity index (χ4n) is 2.35. The van der Waals surface area contributed by atoms with Crippen LogP contribution in [0.5, 0.6) is 0 Å². The van der Waals surface area contributed by atoms with Crippen LogP contribution in [-0.4, -0.2) is 71.8 Å². The van der Waals surface area contributed by atoms with Crippen LogP contribution >= 0.6 is 0 Å². The molecule has 3 heterocycles. The monoisotopic (exact) mass is 313 g/mol. The first-order valence-corrected chi connectivity index (χ1v) is 8.57. The second-order valence-corrected chi connectivity index (χ2v) is 7.47. The highest BCUT2D eigenvalue weighted by molar-refractivity contribution is 7.95. The molecule has 1 aliphatic rings. The van der Waals surface area contributed by atoms with E-state index in [0.29, 0.717) is 16.9 Å². The first kappa shape index (κ1) is 14.4. The summed E-state index contributed by atoms with van der Waals surface area (Å²) in [7, 11) is 0.0794. The Morgan fingerprint density at radius 1 is 1.33 bits per heavy atom. The topological polar surface area (TPSA) is 132 Å². The molecule has 4 unspecified atom stereocenters. The summed E-state index contributed by atoms with van der Waals surface area (Å²) >= 11 is 0. The van der Waals surface area contributed by atoms with E-state index in [1.54, 1.807) is 0 Å². The number of fused-ring (bicyclic) bond motifs is 1. The van der Waals surface area contributed by atoms with Crippen molar-refractivity contribution >= 4 is 27.9 Å². The molecule has 0 radical (unpaired) electrons. The van der Waals surface area contributed by atoms with Crippen LogP contribution in [0.2, 0.25) is 0 Å². The van der Waals surface area contributed by atoms with Crippen LogP contribution in [0.15, 0.2) is 6.33 Å². The lowest BCUT2D eigenvalue weighted by molar-refractivity contribution is -0.0373. The predicted octanol–water partition coefficient (Wildman–Crippen LogP) is -1.70. The number of rotatable bonds is 3. The zero-order valence-electron chi connectivity index (χ0n) is 11.6. The molecule has 0 bridgehead atoms. The molecule has 0 spiro atoms. The quantitative estimate of drug-likeness (QED) is 0.571. The number of anilines is 1. The van der Waals surface area contributed by atoms with Crippen LogP contribution < -0.4 is 5.73 Å². The normalized spacial score (nSPS) is 29.6. The molecule has 3 rings (SSSR count). The van der Waals surface area contributed by atoms with Crippen LogP contribution in [0, 0.1) is 0 Å². The number of aliphatic hydroxyl groups excluding tert-OH is 2. The van der Waals surface area contributed by atoms with E-state index in [1.165, 1.54) is 11.0 Å². The Balaban J connectivity index is 1.94. The van der Waals surface area contributed by atoms with Crippen LogP contribution in [0.3, 0.4) is 0 Å². The summed E-state index contributed by atoms with van der Waals surface area (Å²) in [4.78, 5) is 7.90. The lowest BCUT2D eigenvalue weighted by Gasteiger charge is -2.14. The fourth-order valence-corrected chi connectivity index (χ4v) is 3.28. The summed E-state index contributed by atoms with van der Waals surface area (Å²) < 4.78 is 7.09. The van der Waals surface area contributed by atoms with E-state index in [1.807, 2.05) is 0 Å². The third-order valence-corrected chi connectivity index (χ3v) is 4.36. The number of nitrogen functional groups attached to an aromatic ring is 1. The number of aliphatic hydroxyl groups is 2. The largest absolute Gasteiger partial charge is 0.387 e. The van der Waals surface area contributed by atoms with Gasteiger partial charge in [0.05, 0.1) is 12.5 Å². The number of nitrogens with zero attached hydrogens (tertiary/aromatic N) is 5. The van der Waals surface area contributed by atoms with Gasteiger partial charge in [-0.3, -0.25) is 0 Å². The molecule has 1 fully saturated rings. The number of hydrogen-bond acceptors (Lipinski definition) is 8. The fraction of sp³-hybridized carbons (Fsp3) is 0.636. The Morgan fingerprint density at radius 3 is 2.81 bits per heavy atom. The highest BCUT2D eigenvalue weighted by atomic mass is 32.2. The molecule has 114 valence electrons. The van der Waals surface area contributed by atoms with Gasteiger partial charge in [0.15, 0.2) is 23.2 Å². The van der Waals surface area contributed by atoms with E-state index in [0.717, 1.165) is 0 Å². The van der Waals surface area contributed by atoms with E-state index in [-0.39, 0.29) is 16.7 Å². The molecule has 4 atom stereocenters. The van der Waals surface area contributed by atoms with Gasteiger partial charge in [-0.15, -0.1) is 5.10 Å². The van der Waals surface area contributed by atoms with Crippen molar-refractivity contribution in [2.24, 2.45) is 0 Å². The van der Waals surface area contributed by atoms with Crippen LogP contribution in [0.1, 0.15) is 6.23 Å². The summed E-state index contributed by atoms with van der Waals surface area (Å²) in [5.74, 6) is 0.873. The van der Waals surface area contributed by atoms with E-state index >= 15 is 0 Å². The van der Waals surface area contributed by atoms with Gasteiger partial charge in [0, 0.05) is 0 Å². The van der Waals surface area contributed by atoms with Gasteiger partial charge in [-0.2, -0.15) is 4.68 Å². The smallest absolute Gasteiger partial charge is 0.186 e. The molecule has 1 aliphatic heterocycles. The number of nitrogens with two attached hydrogens (primary N) is 1. The molecule has 10 heteroatoms. The minimum Gasteiger partial charge on any atom is -0.387 e. The lowest BCUT2D eigenvalue weighted by atomic mass is 10.1. The van der Waals surface area contributed by atoms with Gasteiger partial charge in [-0.1, -0.05) is 5.21 Å². The Kier molecular flexibility index (Phi) is 3.69. The summed E-state index contributed by atoms with van der Waals surface area (Å²) in [5, 5.41) is 28.1. The maximum Gasteiger partial charge on any atom is 0.186 e. The second kappa shape index (κ2) is 5.37. The molecular formula is C11H17N6O3S+. The number of hydrogen-bond donors (Lipinski definition) is 3. The average molecular weight is 313 g/mol. The van der Waals surface area contributed by atoms with Crippen molar-refractivity contribution < 1.29 is 14.9 Å². The summed E-state index contributed by atoms with van der Waals surface area (Å²) in [6, 6.07) is 0. The minimum atomic E-state index is -1.10. The van der Waals surface area contributed by atoms with Gasteiger partial charge in [0.1, 0.15) is 30.4 Å². The van der Waals surface area contributed by atoms with E-state index in [4.69, 9.17) is 10.5 Å². The third-order valence-electron chi connectivity index (χ3n) is 3.37. The third kappa shape index (κ3) is 2.44. The van der Waals surface area contributed by atoms with Crippen molar-refractivity contribution in [2.75, 3.05) is 24.0 Å². The molecular weight excluding hydrogens is 296 g/mol. The molecule has 2 aromatic heterocycles. The predicted molar refractivity (Wildman–Crippen MR) is 77.5 cm³/mol. The average Bonchev–Trinajstić information content (AvgIpc) is 2.96. The zero-order valence-corrected chi connectivity index (χ0v) is 12.4. The molecule has 21 heavy (non-hydrogen) atoms.